The molecule has 0 amide bonds. The smallest absolute Gasteiger partial charge is 0.176 e. The van der Waals surface area contributed by atoms with Crippen LogP contribution in [-0.2, 0) is 0 Å². The van der Waals surface area contributed by atoms with E-state index in [1.54, 1.807) is 0 Å². The highest BCUT2D eigenvalue weighted by Crippen LogP contribution is 2.36. The summed E-state index contributed by atoms with van der Waals surface area (Å²) in [6, 6.07) is 7.91. The van der Waals surface area contributed by atoms with Crippen molar-refractivity contribution in [3.05, 3.63) is 35.4 Å². The first-order valence-electron chi connectivity index (χ1n) is 5.14. The van der Waals surface area contributed by atoms with Crippen LogP contribution in [0.15, 0.2) is 24.3 Å². The molecular formula is C12H15NO. The minimum atomic E-state index is 0.0187. The molecule has 2 heteroatoms. The molecule has 1 aliphatic carbocycles. The lowest BCUT2D eigenvalue weighted by Gasteiger charge is -2.25. The van der Waals surface area contributed by atoms with Gasteiger partial charge in [0.2, 0.25) is 0 Å². The SMILES string of the molecule is NCC(=O)c1ccc(C2CCC2)cc1. The molecule has 1 saturated carbocycles. The molecule has 0 radical (unpaired) electrons. The predicted octanol–water partition coefficient (Wildman–Crippen LogP) is 2.10. The molecule has 0 saturated heterocycles. The van der Waals surface area contributed by atoms with Crippen LogP contribution in [0.3, 0.4) is 0 Å². The van der Waals surface area contributed by atoms with Gasteiger partial charge >= 0.3 is 0 Å². The molecule has 0 unspecified atom stereocenters. The summed E-state index contributed by atoms with van der Waals surface area (Å²) in [5.74, 6) is 0.752. The van der Waals surface area contributed by atoms with Crippen LogP contribution < -0.4 is 5.73 Å². The maximum absolute atomic E-state index is 11.3. The van der Waals surface area contributed by atoms with Crippen molar-refractivity contribution in [2.24, 2.45) is 5.73 Å². The molecule has 14 heavy (non-hydrogen) atoms. The number of hydrogen-bond acceptors (Lipinski definition) is 2. The first-order chi connectivity index (χ1) is 6.81. The Kier molecular flexibility index (Phi) is 2.64. The van der Waals surface area contributed by atoms with Gasteiger partial charge in [-0.15, -0.1) is 0 Å². The normalized spacial score (nSPS) is 16.4. The summed E-state index contributed by atoms with van der Waals surface area (Å²) < 4.78 is 0. The van der Waals surface area contributed by atoms with Gasteiger partial charge in [0, 0.05) is 5.56 Å². The monoisotopic (exact) mass is 189 g/mol. The second kappa shape index (κ2) is 3.93. The maximum atomic E-state index is 11.3. The molecule has 1 aromatic rings. The summed E-state index contributed by atoms with van der Waals surface area (Å²) in [5, 5.41) is 0. The average molecular weight is 189 g/mol. The Morgan fingerprint density at radius 2 is 1.93 bits per heavy atom. The van der Waals surface area contributed by atoms with E-state index in [1.807, 2.05) is 12.1 Å². The minimum Gasteiger partial charge on any atom is -0.324 e. The third kappa shape index (κ3) is 1.70. The van der Waals surface area contributed by atoms with Crippen LogP contribution in [-0.4, -0.2) is 12.3 Å². The Balaban J connectivity index is 2.13. The largest absolute Gasteiger partial charge is 0.324 e. The molecule has 0 atom stereocenters. The van der Waals surface area contributed by atoms with E-state index in [0.29, 0.717) is 0 Å². The lowest BCUT2D eigenvalue weighted by Crippen LogP contribution is -2.14. The molecule has 0 aliphatic heterocycles. The fourth-order valence-corrected chi connectivity index (χ4v) is 1.80. The highest BCUT2D eigenvalue weighted by atomic mass is 16.1. The number of Topliss-reactive ketones (excluding diaryl/α,β-unsaturated/α-hetero) is 1. The van der Waals surface area contributed by atoms with Gasteiger partial charge in [-0.3, -0.25) is 4.79 Å². The van der Waals surface area contributed by atoms with Gasteiger partial charge in [-0.1, -0.05) is 30.7 Å². The topological polar surface area (TPSA) is 43.1 Å². The van der Waals surface area contributed by atoms with E-state index < -0.39 is 0 Å². The number of carbonyl (C=O) groups is 1. The lowest BCUT2D eigenvalue weighted by molar-refractivity contribution is 0.100. The fourth-order valence-electron chi connectivity index (χ4n) is 1.80. The van der Waals surface area contributed by atoms with E-state index in [2.05, 4.69) is 12.1 Å². The van der Waals surface area contributed by atoms with Gasteiger partial charge in [-0.05, 0) is 24.3 Å². The standard InChI is InChI=1S/C12H15NO/c13-8-12(14)11-6-4-10(5-7-11)9-2-1-3-9/h4-7,9H,1-3,8,13H2. The van der Waals surface area contributed by atoms with Crippen molar-refractivity contribution < 1.29 is 4.79 Å². The molecule has 1 aliphatic rings. The molecule has 74 valence electrons. The zero-order valence-electron chi connectivity index (χ0n) is 8.20. The van der Waals surface area contributed by atoms with Crippen LogP contribution >= 0.6 is 0 Å². The van der Waals surface area contributed by atoms with Gasteiger partial charge in [0.15, 0.2) is 5.78 Å². The van der Waals surface area contributed by atoms with Crippen molar-refractivity contribution >= 4 is 5.78 Å². The third-order valence-electron chi connectivity index (χ3n) is 2.99. The van der Waals surface area contributed by atoms with E-state index in [0.717, 1.165) is 11.5 Å². The van der Waals surface area contributed by atoms with Crippen LogP contribution in [0, 0.1) is 0 Å². The second-order valence-electron chi connectivity index (χ2n) is 3.88. The molecule has 0 spiro atoms. The van der Waals surface area contributed by atoms with Crippen molar-refractivity contribution in [2.45, 2.75) is 25.2 Å². The molecule has 0 bridgehead atoms. The summed E-state index contributed by atoms with van der Waals surface area (Å²) in [6.07, 6.45) is 3.93. The van der Waals surface area contributed by atoms with Crippen LogP contribution in [0.4, 0.5) is 0 Å². The van der Waals surface area contributed by atoms with E-state index in [4.69, 9.17) is 5.73 Å². The van der Waals surface area contributed by atoms with Crippen molar-refractivity contribution in [2.75, 3.05) is 6.54 Å². The first-order valence-corrected chi connectivity index (χ1v) is 5.14. The Morgan fingerprint density at radius 3 is 2.36 bits per heavy atom. The summed E-state index contributed by atoms with van der Waals surface area (Å²) >= 11 is 0. The van der Waals surface area contributed by atoms with E-state index in [-0.39, 0.29) is 12.3 Å². The van der Waals surface area contributed by atoms with Gasteiger partial charge < -0.3 is 5.73 Å². The molecule has 2 nitrogen and oxygen atoms in total. The fraction of sp³-hybridized carbons (Fsp3) is 0.417. The summed E-state index contributed by atoms with van der Waals surface area (Å²) in [6.45, 7) is 0.1000. The number of benzene rings is 1. The predicted molar refractivity (Wildman–Crippen MR) is 56.4 cm³/mol. The Bertz CT molecular complexity index is 325. The van der Waals surface area contributed by atoms with Crippen molar-refractivity contribution in [3.8, 4) is 0 Å². The Hall–Kier alpha value is -1.15. The van der Waals surface area contributed by atoms with Gasteiger partial charge in [0.25, 0.3) is 0 Å². The van der Waals surface area contributed by atoms with E-state index in [9.17, 15) is 4.79 Å². The minimum absolute atomic E-state index is 0.0187. The molecular weight excluding hydrogens is 174 g/mol. The second-order valence-corrected chi connectivity index (χ2v) is 3.88. The van der Waals surface area contributed by atoms with Gasteiger partial charge in [0.05, 0.1) is 6.54 Å². The molecule has 1 aromatic carbocycles. The summed E-state index contributed by atoms with van der Waals surface area (Å²) in [4.78, 5) is 11.3. The van der Waals surface area contributed by atoms with Crippen LogP contribution in [0.5, 0.6) is 0 Å². The first kappa shape index (κ1) is 9.41. The third-order valence-corrected chi connectivity index (χ3v) is 2.99. The lowest BCUT2D eigenvalue weighted by atomic mass is 9.80. The highest BCUT2D eigenvalue weighted by molar-refractivity contribution is 5.97. The molecule has 0 aromatic heterocycles. The number of carbonyl (C=O) groups excluding carboxylic acids is 1. The molecule has 2 N–H and O–H groups in total. The van der Waals surface area contributed by atoms with E-state index in [1.165, 1.54) is 24.8 Å². The molecule has 1 fully saturated rings. The van der Waals surface area contributed by atoms with Crippen LogP contribution in [0.1, 0.15) is 41.1 Å². The van der Waals surface area contributed by atoms with Crippen molar-refractivity contribution in [1.29, 1.82) is 0 Å². The number of ketones is 1. The van der Waals surface area contributed by atoms with E-state index >= 15 is 0 Å². The van der Waals surface area contributed by atoms with Crippen molar-refractivity contribution in [3.63, 3.8) is 0 Å². The van der Waals surface area contributed by atoms with Crippen molar-refractivity contribution in [1.82, 2.24) is 0 Å². The van der Waals surface area contributed by atoms with Gasteiger partial charge in [-0.2, -0.15) is 0 Å². The highest BCUT2D eigenvalue weighted by Gasteiger charge is 2.19. The molecule has 2 rings (SSSR count). The Morgan fingerprint density at radius 1 is 1.29 bits per heavy atom. The number of nitrogens with two attached hydrogens (primary N) is 1. The van der Waals surface area contributed by atoms with Crippen LogP contribution in [0.25, 0.3) is 0 Å². The number of rotatable bonds is 3. The zero-order valence-corrected chi connectivity index (χ0v) is 8.20. The number of hydrogen-bond donors (Lipinski definition) is 1. The zero-order chi connectivity index (χ0) is 9.97. The summed E-state index contributed by atoms with van der Waals surface area (Å²) in [7, 11) is 0. The van der Waals surface area contributed by atoms with Gasteiger partial charge in [-0.25, -0.2) is 0 Å². The maximum Gasteiger partial charge on any atom is 0.176 e. The quantitative estimate of drug-likeness (QED) is 0.740. The average Bonchev–Trinajstić information content (AvgIpc) is 2.15. The van der Waals surface area contributed by atoms with Crippen LogP contribution in [0.2, 0.25) is 0 Å². The molecule has 0 heterocycles. The summed E-state index contributed by atoms with van der Waals surface area (Å²) in [5.41, 5.74) is 7.39. The van der Waals surface area contributed by atoms with Gasteiger partial charge in [0.1, 0.15) is 0 Å². The Labute approximate surface area is 84.1 Å².